The van der Waals surface area contributed by atoms with Crippen LogP contribution >= 0.6 is 0 Å². The number of hydrogen-bond acceptors (Lipinski definition) is 8. The number of hydrogen-bond donors (Lipinski definition) is 1. The van der Waals surface area contributed by atoms with Crippen molar-refractivity contribution in [1.82, 2.24) is 15.3 Å². The number of carbonyl (C=O) groups is 2. The first-order valence-electron chi connectivity index (χ1n) is 17.2. The normalized spacial score (nSPS) is 28.9. The van der Waals surface area contributed by atoms with Crippen molar-refractivity contribution in [1.29, 1.82) is 0 Å². The van der Waals surface area contributed by atoms with E-state index in [1.54, 1.807) is 17.9 Å². The Morgan fingerprint density at radius 2 is 1.85 bits per heavy atom. The summed E-state index contributed by atoms with van der Waals surface area (Å²) in [5.74, 6) is -1.36. The van der Waals surface area contributed by atoms with E-state index in [0.29, 0.717) is 31.8 Å². The smallest absolute Gasteiger partial charge is 0.451 e. The Morgan fingerprint density at radius 3 is 2.52 bits per heavy atom. The van der Waals surface area contributed by atoms with E-state index in [0.717, 1.165) is 57.7 Å². The maximum atomic E-state index is 13.0. The molecule has 3 atom stereocenters. The van der Waals surface area contributed by atoms with Crippen molar-refractivity contribution in [3.05, 3.63) is 54.0 Å². The Balaban J connectivity index is 0.967. The van der Waals surface area contributed by atoms with Crippen molar-refractivity contribution in [2.45, 2.75) is 121 Å². The van der Waals surface area contributed by atoms with Crippen LogP contribution in [0.4, 0.5) is 19.0 Å². The molecule has 4 heterocycles. The molecule has 3 aliphatic heterocycles. The number of rotatable bonds is 10. The number of esters is 1. The van der Waals surface area contributed by atoms with Crippen LogP contribution in [0.2, 0.25) is 0 Å². The van der Waals surface area contributed by atoms with Gasteiger partial charge in [0, 0.05) is 44.2 Å². The number of carbonyl (C=O) groups excluding carboxylic acids is 2. The van der Waals surface area contributed by atoms with Crippen molar-refractivity contribution in [2.75, 3.05) is 24.6 Å². The summed E-state index contributed by atoms with van der Waals surface area (Å²) in [7, 11) is 0. The number of epoxide rings is 1. The lowest BCUT2D eigenvalue weighted by Crippen LogP contribution is -2.43. The molecule has 0 radical (unpaired) electrons. The fourth-order valence-corrected chi connectivity index (χ4v) is 7.16. The first-order chi connectivity index (χ1) is 22.7. The molecule has 0 unspecified atom stereocenters. The second kappa shape index (κ2) is 15.1. The van der Waals surface area contributed by atoms with Crippen LogP contribution in [0.25, 0.3) is 0 Å². The average molecular weight is 675 g/mol. The molecule has 0 aromatic carbocycles. The second-order valence-corrected chi connectivity index (χ2v) is 14.5. The summed E-state index contributed by atoms with van der Waals surface area (Å²) in [4.78, 5) is 33.9. The molecule has 1 aromatic rings. The van der Waals surface area contributed by atoms with Crippen LogP contribution in [0.1, 0.15) is 91.3 Å². The maximum absolute atomic E-state index is 13.0. The molecule has 264 valence electrons. The van der Waals surface area contributed by atoms with Gasteiger partial charge in [-0.05, 0) is 90.7 Å². The number of ether oxygens (including phenoxy) is 3. The van der Waals surface area contributed by atoms with Crippen LogP contribution in [0, 0.1) is 11.8 Å². The molecule has 5 rings (SSSR count). The number of aromatic nitrogens is 2. The molecule has 1 N–H and O–H groups in total. The van der Waals surface area contributed by atoms with E-state index in [4.69, 9.17) is 14.2 Å². The van der Waals surface area contributed by atoms with E-state index in [1.807, 2.05) is 0 Å². The first kappa shape index (κ1) is 36.0. The minimum Gasteiger partial charge on any atom is -0.458 e. The first-order valence-corrected chi connectivity index (χ1v) is 17.2. The maximum Gasteiger partial charge on any atom is 0.451 e. The van der Waals surface area contributed by atoms with Crippen LogP contribution in [-0.2, 0) is 30.0 Å². The van der Waals surface area contributed by atoms with Crippen LogP contribution in [-0.4, -0.2) is 71.0 Å². The molecule has 4 fully saturated rings. The predicted molar refractivity (Wildman–Crippen MR) is 175 cm³/mol. The number of amides is 1. The number of halogens is 3. The van der Waals surface area contributed by atoms with E-state index in [-0.39, 0.29) is 47.0 Å². The van der Waals surface area contributed by atoms with E-state index >= 15 is 0 Å². The Labute approximate surface area is 281 Å². The van der Waals surface area contributed by atoms with Crippen molar-refractivity contribution in [2.24, 2.45) is 11.8 Å². The molecule has 1 amide bonds. The molecule has 12 heteroatoms. The largest absolute Gasteiger partial charge is 0.458 e. The molecule has 48 heavy (non-hydrogen) atoms. The third kappa shape index (κ3) is 10.4. The SMILES string of the molecule is CC(/C=C/[C@@H]1C[C@]2(CO2)CC(C)(C)O1)=C\CC1CCC(NC(=O)/C=C\[C@H](C)OC(=O)C2CCN(c3ccnc(C(F)(F)F)n3)CC2)CC1. The van der Waals surface area contributed by atoms with Gasteiger partial charge in [-0.2, -0.15) is 13.2 Å². The second-order valence-electron chi connectivity index (χ2n) is 14.5. The van der Waals surface area contributed by atoms with E-state index < -0.39 is 18.1 Å². The zero-order chi connectivity index (χ0) is 34.5. The molecular weight excluding hydrogens is 625 g/mol. The summed E-state index contributed by atoms with van der Waals surface area (Å²) in [5.41, 5.74) is 1.08. The Kier molecular flexibility index (Phi) is 11.3. The van der Waals surface area contributed by atoms with Gasteiger partial charge in [0.1, 0.15) is 11.9 Å². The van der Waals surface area contributed by atoms with Crippen LogP contribution in [0.5, 0.6) is 0 Å². The monoisotopic (exact) mass is 674 g/mol. The summed E-state index contributed by atoms with van der Waals surface area (Å²) in [6, 6.07) is 1.56. The zero-order valence-electron chi connectivity index (χ0n) is 28.4. The molecule has 4 aliphatic rings. The molecule has 3 saturated heterocycles. The molecule has 9 nitrogen and oxygen atoms in total. The number of alkyl halides is 3. The van der Waals surface area contributed by atoms with Gasteiger partial charge in [-0.3, -0.25) is 9.59 Å². The number of piperidine rings is 1. The average Bonchev–Trinajstić information content (AvgIpc) is 3.78. The lowest BCUT2D eigenvalue weighted by molar-refractivity contribution is -0.152. The van der Waals surface area contributed by atoms with Gasteiger partial charge in [0.15, 0.2) is 0 Å². The lowest BCUT2D eigenvalue weighted by atomic mass is 9.83. The highest BCUT2D eigenvalue weighted by molar-refractivity contribution is 5.87. The highest BCUT2D eigenvalue weighted by Gasteiger charge is 2.53. The summed E-state index contributed by atoms with van der Waals surface area (Å²) < 4.78 is 56.4. The molecule has 0 bridgehead atoms. The van der Waals surface area contributed by atoms with Crippen LogP contribution in [0.15, 0.2) is 48.2 Å². The van der Waals surface area contributed by atoms with E-state index in [1.165, 1.54) is 17.7 Å². The predicted octanol–water partition coefficient (Wildman–Crippen LogP) is 6.49. The number of anilines is 1. The summed E-state index contributed by atoms with van der Waals surface area (Å²) in [6.07, 6.45) is 13.3. The standard InChI is InChI=1S/C36H49F3N4O5/c1-24(6-13-29-21-35(23-46-35)22-34(3,4)48-29)5-8-26-9-11-28(12-10-26)41-31(44)14-7-25(2)47-32(45)27-16-19-43(20-17-27)30-15-18-40-33(42-30)36(37,38)39/h5-7,13-15,18,25-29H,8-12,16-17,19-23H2,1-4H3,(H,41,44)/b13-6+,14-7-,24-5+/t25-,26?,28?,29+,35+/m0/s1. The van der Waals surface area contributed by atoms with Gasteiger partial charge < -0.3 is 24.4 Å². The third-order valence-electron chi connectivity index (χ3n) is 9.75. The fraction of sp³-hybridized carbons (Fsp3) is 0.667. The summed E-state index contributed by atoms with van der Waals surface area (Å²) in [6.45, 7) is 9.69. The van der Waals surface area contributed by atoms with Gasteiger partial charge in [0.2, 0.25) is 11.7 Å². The molecule has 1 aliphatic carbocycles. The minimum absolute atomic E-state index is 0.0178. The number of nitrogens with zero attached hydrogens (tertiary/aromatic N) is 3. The Morgan fingerprint density at radius 1 is 1.15 bits per heavy atom. The lowest BCUT2D eigenvalue weighted by Gasteiger charge is -2.38. The van der Waals surface area contributed by atoms with Crippen LogP contribution < -0.4 is 10.2 Å². The van der Waals surface area contributed by atoms with Crippen molar-refractivity contribution in [3.63, 3.8) is 0 Å². The third-order valence-corrected chi connectivity index (χ3v) is 9.75. The van der Waals surface area contributed by atoms with Gasteiger partial charge in [-0.25, -0.2) is 9.97 Å². The summed E-state index contributed by atoms with van der Waals surface area (Å²) in [5, 5.41) is 3.08. The molecule has 1 spiro atoms. The van der Waals surface area contributed by atoms with E-state index in [2.05, 4.69) is 54.3 Å². The van der Waals surface area contributed by atoms with Crippen LogP contribution in [0.3, 0.4) is 0 Å². The minimum atomic E-state index is -4.62. The number of allylic oxidation sites excluding steroid dienone is 3. The summed E-state index contributed by atoms with van der Waals surface area (Å²) >= 11 is 0. The topological polar surface area (TPSA) is 106 Å². The zero-order valence-corrected chi connectivity index (χ0v) is 28.4. The number of nitrogens with one attached hydrogen (secondary N) is 1. The van der Waals surface area contributed by atoms with Gasteiger partial charge >= 0.3 is 12.1 Å². The van der Waals surface area contributed by atoms with Gasteiger partial charge in [-0.1, -0.05) is 23.8 Å². The molecular formula is C36H49F3N4O5. The molecule has 1 aromatic heterocycles. The van der Waals surface area contributed by atoms with Crippen molar-refractivity contribution in [3.8, 4) is 0 Å². The quantitative estimate of drug-likeness (QED) is 0.130. The Bertz CT molecular complexity index is 1370. The van der Waals surface area contributed by atoms with Gasteiger partial charge in [-0.15, -0.1) is 0 Å². The van der Waals surface area contributed by atoms with Gasteiger partial charge in [0.25, 0.3) is 0 Å². The highest BCUT2D eigenvalue weighted by atomic mass is 19.4. The fourth-order valence-electron chi connectivity index (χ4n) is 7.16. The highest BCUT2D eigenvalue weighted by Crippen LogP contribution is 2.46. The van der Waals surface area contributed by atoms with Crippen molar-refractivity contribution >= 4 is 17.7 Å². The van der Waals surface area contributed by atoms with Gasteiger partial charge in [0.05, 0.1) is 29.8 Å². The van der Waals surface area contributed by atoms with E-state index in [9.17, 15) is 22.8 Å². The Hall–Kier alpha value is -3.25. The van der Waals surface area contributed by atoms with Crippen molar-refractivity contribution < 1.29 is 37.0 Å². The molecule has 1 saturated carbocycles.